The molecule has 0 aromatic heterocycles. The number of rotatable bonds is 4. The van der Waals surface area contributed by atoms with Gasteiger partial charge in [0, 0.05) is 0 Å². The van der Waals surface area contributed by atoms with Gasteiger partial charge in [0.1, 0.15) is 0 Å². The van der Waals surface area contributed by atoms with Crippen molar-refractivity contribution < 1.29 is 0 Å². The summed E-state index contributed by atoms with van der Waals surface area (Å²) in [7, 11) is 0. The maximum absolute atomic E-state index is 2.30. The third-order valence-corrected chi connectivity index (χ3v) is 1.65. The molecule has 0 aliphatic carbocycles. The molecular weight excluding hydrogens is 132 g/mol. The van der Waals surface area contributed by atoms with Crippen molar-refractivity contribution in [3.63, 3.8) is 0 Å². The lowest BCUT2D eigenvalue weighted by molar-refractivity contribution is 0.784. The number of hydrogen-bond acceptors (Lipinski definition) is 0. The molecule has 0 atom stereocenters. The van der Waals surface area contributed by atoms with Crippen LogP contribution in [0.3, 0.4) is 0 Å². The van der Waals surface area contributed by atoms with Gasteiger partial charge in [0.15, 0.2) is 0 Å². The molecule has 0 aliphatic heterocycles. The van der Waals surface area contributed by atoms with E-state index in [1.165, 1.54) is 5.57 Å². The van der Waals surface area contributed by atoms with Crippen molar-refractivity contribution in [1.29, 1.82) is 0 Å². The topological polar surface area (TPSA) is 0 Å². The Balaban J connectivity index is 4.11. The minimum atomic E-state index is 0.665. The monoisotopic (exact) mass is 152 g/mol. The summed E-state index contributed by atoms with van der Waals surface area (Å²) in [4.78, 5) is 0. The zero-order valence-electron chi connectivity index (χ0n) is 8.22. The van der Waals surface area contributed by atoms with E-state index in [2.05, 4.69) is 45.9 Å². The second-order valence-electron chi connectivity index (χ2n) is 3.08. The second-order valence-corrected chi connectivity index (χ2v) is 3.08. The molecule has 0 heterocycles. The molecule has 0 nitrogen and oxygen atoms in total. The molecule has 0 saturated carbocycles. The molecule has 0 heteroatoms. The summed E-state index contributed by atoms with van der Waals surface area (Å²) < 4.78 is 0. The fourth-order valence-electron chi connectivity index (χ4n) is 0.986. The zero-order valence-corrected chi connectivity index (χ0v) is 8.22. The molecule has 0 spiro atoms. The van der Waals surface area contributed by atoms with Crippen LogP contribution in [0.2, 0.25) is 0 Å². The summed E-state index contributed by atoms with van der Waals surface area (Å²) in [5.41, 5.74) is 1.47. The van der Waals surface area contributed by atoms with Crippen molar-refractivity contribution in [3.8, 4) is 0 Å². The molecule has 0 aromatic rings. The molecule has 0 amide bonds. The summed E-state index contributed by atoms with van der Waals surface area (Å²) in [5, 5.41) is 0. The van der Waals surface area contributed by atoms with Crippen molar-refractivity contribution >= 4 is 0 Å². The van der Waals surface area contributed by atoms with Gasteiger partial charge in [-0.1, -0.05) is 45.9 Å². The average Bonchev–Trinajstić information content (AvgIpc) is 1.97. The normalized spacial score (nSPS) is 13.4. The summed E-state index contributed by atoms with van der Waals surface area (Å²) in [5.74, 6) is 0.665. The molecule has 0 aromatic carbocycles. The minimum absolute atomic E-state index is 0.665. The maximum atomic E-state index is 2.30. The van der Waals surface area contributed by atoms with E-state index in [-0.39, 0.29) is 0 Å². The summed E-state index contributed by atoms with van der Waals surface area (Å²) in [6.07, 6.45) is 9.04. The smallest absolute Gasteiger partial charge is 0.0222 e. The first-order valence-corrected chi connectivity index (χ1v) is 4.58. The highest BCUT2D eigenvalue weighted by Gasteiger charge is 1.95. The van der Waals surface area contributed by atoms with E-state index in [9.17, 15) is 0 Å². The molecule has 11 heavy (non-hydrogen) atoms. The van der Waals surface area contributed by atoms with Gasteiger partial charge in [-0.2, -0.15) is 0 Å². The van der Waals surface area contributed by atoms with E-state index in [0.29, 0.717) is 5.92 Å². The summed E-state index contributed by atoms with van der Waals surface area (Å²) in [6, 6.07) is 0. The highest BCUT2D eigenvalue weighted by Crippen LogP contribution is 2.11. The lowest BCUT2D eigenvalue weighted by atomic mass is 10.0. The molecule has 0 rings (SSSR count). The SMILES string of the molecule is CC/C=C\C(=C/CC)C(C)C. The van der Waals surface area contributed by atoms with E-state index in [1.807, 2.05) is 0 Å². The Bertz CT molecular complexity index is 138. The van der Waals surface area contributed by atoms with Gasteiger partial charge in [0.05, 0.1) is 0 Å². The molecular formula is C11H20. The van der Waals surface area contributed by atoms with Gasteiger partial charge in [-0.25, -0.2) is 0 Å². The Morgan fingerprint density at radius 3 is 2.18 bits per heavy atom. The van der Waals surface area contributed by atoms with Gasteiger partial charge in [-0.15, -0.1) is 0 Å². The molecule has 0 unspecified atom stereocenters. The Hall–Kier alpha value is -0.520. The summed E-state index contributed by atoms with van der Waals surface area (Å²) in [6.45, 7) is 8.82. The quantitative estimate of drug-likeness (QED) is 0.535. The average molecular weight is 152 g/mol. The van der Waals surface area contributed by atoms with Crippen molar-refractivity contribution in [2.75, 3.05) is 0 Å². The Morgan fingerprint density at radius 2 is 1.82 bits per heavy atom. The predicted molar refractivity (Wildman–Crippen MR) is 52.6 cm³/mol. The zero-order chi connectivity index (χ0) is 8.69. The number of allylic oxidation sites excluding steroid dienone is 4. The molecule has 0 N–H and O–H groups in total. The highest BCUT2D eigenvalue weighted by molar-refractivity contribution is 5.20. The molecule has 0 fully saturated rings. The van der Waals surface area contributed by atoms with Crippen LogP contribution in [-0.4, -0.2) is 0 Å². The van der Waals surface area contributed by atoms with Gasteiger partial charge in [-0.05, 0) is 24.3 Å². The Kier molecular flexibility index (Phi) is 5.91. The third kappa shape index (κ3) is 4.83. The molecule has 0 aliphatic rings. The van der Waals surface area contributed by atoms with Gasteiger partial charge in [0.2, 0.25) is 0 Å². The fourth-order valence-corrected chi connectivity index (χ4v) is 0.986. The third-order valence-electron chi connectivity index (χ3n) is 1.65. The molecule has 64 valence electrons. The van der Waals surface area contributed by atoms with Crippen molar-refractivity contribution in [3.05, 3.63) is 23.8 Å². The Morgan fingerprint density at radius 1 is 1.18 bits per heavy atom. The van der Waals surface area contributed by atoms with Crippen LogP contribution in [0.1, 0.15) is 40.5 Å². The van der Waals surface area contributed by atoms with E-state index in [4.69, 9.17) is 0 Å². The van der Waals surface area contributed by atoms with Gasteiger partial charge in [-0.3, -0.25) is 0 Å². The van der Waals surface area contributed by atoms with Crippen LogP contribution in [0.4, 0.5) is 0 Å². The lowest BCUT2D eigenvalue weighted by Crippen LogP contribution is -1.89. The summed E-state index contributed by atoms with van der Waals surface area (Å²) >= 11 is 0. The van der Waals surface area contributed by atoms with Crippen LogP contribution < -0.4 is 0 Å². The van der Waals surface area contributed by atoms with Crippen molar-refractivity contribution in [2.45, 2.75) is 40.5 Å². The van der Waals surface area contributed by atoms with E-state index < -0.39 is 0 Å². The van der Waals surface area contributed by atoms with E-state index >= 15 is 0 Å². The van der Waals surface area contributed by atoms with E-state index in [0.717, 1.165) is 12.8 Å². The van der Waals surface area contributed by atoms with Crippen molar-refractivity contribution in [2.24, 2.45) is 5.92 Å². The molecule has 0 bridgehead atoms. The van der Waals surface area contributed by atoms with Crippen LogP contribution in [0.5, 0.6) is 0 Å². The van der Waals surface area contributed by atoms with Gasteiger partial charge < -0.3 is 0 Å². The second kappa shape index (κ2) is 6.21. The van der Waals surface area contributed by atoms with Crippen LogP contribution >= 0.6 is 0 Å². The lowest BCUT2D eigenvalue weighted by Gasteiger charge is -2.04. The first-order chi connectivity index (χ1) is 5.22. The van der Waals surface area contributed by atoms with Crippen LogP contribution in [0, 0.1) is 5.92 Å². The highest BCUT2D eigenvalue weighted by atomic mass is 14.0. The first kappa shape index (κ1) is 10.5. The van der Waals surface area contributed by atoms with E-state index in [1.54, 1.807) is 0 Å². The molecule has 0 saturated heterocycles. The largest absolute Gasteiger partial charge is 0.0845 e. The van der Waals surface area contributed by atoms with Crippen LogP contribution in [0.25, 0.3) is 0 Å². The maximum Gasteiger partial charge on any atom is -0.0222 e. The Labute approximate surface area is 71.0 Å². The fraction of sp³-hybridized carbons (Fsp3) is 0.636. The van der Waals surface area contributed by atoms with Crippen LogP contribution in [0.15, 0.2) is 23.8 Å². The minimum Gasteiger partial charge on any atom is -0.0845 e. The predicted octanol–water partition coefficient (Wildman–Crippen LogP) is 3.95. The van der Waals surface area contributed by atoms with Gasteiger partial charge >= 0.3 is 0 Å². The standard InChI is InChI=1S/C11H20/c1-5-7-9-11(8-6-2)10(3)4/h7-10H,5-6H2,1-4H3/b9-7-,11-8+. The van der Waals surface area contributed by atoms with Crippen LogP contribution in [-0.2, 0) is 0 Å². The molecule has 0 radical (unpaired) electrons. The first-order valence-electron chi connectivity index (χ1n) is 4.58. The number of hydrogen-bond donors (Lipinski definition) is 0. The van der Waals surface area contributed by atoms with Gasteiger partial charge in [0.25, 0.3) is 0 Å². The van der Waals surface area contributed by atoms with Crippen molar-refractivity contribution in [1.82, 2.24) is 0 Å².